The summed E-state index contributed by atoms with van der Waals surface area (Å²) in [5.41, 5.74) is 0.0915. The molecule has 2 fully saturated rings. The second-order valence-corrected chi connectivity index (χ2v) is 20.5. The first kappa shape index (κ1) is 32.6. The van der Waals surface area contributed by atoms with Gasteiger partial charge in [-0.05, 0) is 42.4 Å². The predicted molar refractivity (Wildman–Crippen MR) is 133 cm³/mol. The molecule has 0 bridgehead atoms. The van der Waals surface area contributed by atoms with Crippen LogP contribution in [0, 0.1) is 36.1 Å². The molecule has 1 aliphatic heterocycles. The van der Waals surface area contributed by atoms with Crippen LogP contribution >= 0.6 is 0 Å². The fourth-order valence-corrected chi connectivity index (χ4v) is 6.74. The standard InChI is InChI=1S/C16H29NSi.C4H8O.C4H11Si.Y/c1-11-12(2)14(4)15(13(11)3)10-18(8,9)17-16(5,6)7;1-2-4-5-3-1;1-5(2,3)4;/h10H2,1-9H3;1-4H2;1H2,2-4H3;/q-1;;-1;+3. The van der Waals surface area contributed by atoms with Crippen molar-refractivity contribution in [1.29, 1.82) is 0 Å². The minimum atomic E-state index is -1.53. The van der Waals surface area contributed by atoms with Gasteiger partial charge in [-0.15, -0.1) is 13.6 Å². The van der Waals surface area contributed by atoms with E-state index in [0.29, 0.717) is 0 Å². The molecule has 2 nitrogen and oxygen atoms in total. The summed E-state index contributed by atoms with van der Waals surface area (Å²) in [6.45, 7) is 33.0. The van der Waals surface area contributed by atoms with Crippen LogP contribution in [0.25, 0.3) is 4.98 Å². The van der Waals surface area contributed by atoms with Gasteiger partial charge in [0, 0.05) is 13.2 Å². The number of hydrogen-bond acceptors (Lipinski definition) is 1. The molecule has 0 amide bonds. The molecule has 0 N–H and O–H groups in total. The third-order valence-electron chi connectivity index (χ3n) is 4.67. The average Bonchev–Trinajstić information content (AvgIpc) is 3.09. The molecule has 5 radical (unpaired) electrons. The van der Waals surface area contributed by atoms with E-state index in [0.717, 1.165) is 13.2 Å². The van der Waals surface area contributed by atoms with E-state index in [1.807, 2.05) is 0 Å². The monoisotopic (exact) mass is 511 g/mol. The largest absolute Gasteiger partial charge is 3.00 e. The van der Waals surface area contributed by atoms with Crippen molar-refractivity contribution >= 4 is 16.3 Å². The van der Waals surface area contributed by atoms with Crippen molar-refractivity contribution in [3.63, 3.8) is 0 Å². The Bertz CT molecular complexity index is 400. The summed E-state index contributed by atoms with van der Waals surface area (Å²) in [6, 6.07) is 1.18. The van der Waals surface area contributed by atoms with Crippen LogP contribution in [-0.2, 0) is 37.4 Å². The molecule has 1 saturated carbocycles. The van der Waals surface area contributed by atoms with Crippen molar-refractivity contribution < 1.29 is 37.4 Å². The summed E-state index contributed by atoms with van der Waals surface area (Å²) < 4.78 is 4.94. The number of nitrogens with zero attached hydrogens (tertiary/aromatic N) is 1. The van der Waals surface area contributed by atoms with E-state index < -0.39 is 16.3 Å². The molecular formula is C24H48NOSi2Y+. The van der Waals surface area contributed by atoms with Gasteiger partial charge in [0.25, 0.3) is 0 Å². The van der Waals surface area contributed by atoms with Crippen LogP contribution in [0.5, 0.6) is 0 Å². The van der Waals surface area contributed by atoms with Crippen molar-refractivity contribution in [2.24, 2.45) is 0 Å². The summed E-state index contributed by atoms with van der Waals surface area (Å²) >= 11 is 0. The third-order valence-corrected chi connectivity index (χ3v) is 7.16. The average molecular weight is 512 g/mol. The minimum absolute atomic E-state index is 0. The second kappa shape index (κ2) is 13.9. The Kier molecular flexibility index (Phi) is 15.6. The van der Waals surface area contributed by atoms with Crippen LogP contribution in [0.1, 0.15) is 61.3 Å². The zero-order chi connectivity index (χ0) is 22.3. The minimum Gasteiger partial charge on any atom is -0.660 e. The summed E-state index contributed by atoms with van der Waals surface area (Å²) in [5.74, 6) is 7.50. The van der Waals surface area contributed by atoms with Gasteiger partial charge >= 0.3 is 32.7 Å². The van der Waals surface area contributed by atoms with E-state index in [-0.39, 0.29) is 38.2 Å². The molecule has 2 rings (SSSR count). The molecule has 5 heteroatoms. The Balaban J connectivity index is 0. The molecule has 165 valence electrons. The molecule has 0 unspecified atom stereocenters. The van der Waals surface area contributed by atoms with Gasteiger partial charge < -0.3 is 16.3 Å². The van der Waals surface area contributed by atoms with Gasteiger partial charge in [-0.3, -0.25) is 0 Å². The molecule has 0 spiro atoms. The van der Waals surface area contributed by atoms with Crippen LogP contribution in [-0.4, -0.2) is 35.1 Å². The first-order chi connectivity index (χ1) is 12.4. The van der Waals surface area contributed by atoms with Gasteiger partial charge in [0.2, 0.25) is 0 Å². The van der Waals surface area contributed by atoms with Gasteiger partial charge in [0.1, 0.15) is 0 Å². The number of ether oxygens (including phenoxy) is 1. The summed E-state index contributed by atoms with van der Waals surface area (Å²) in [6.07, 6.45) is 2.56. The van der Waals surface area contributed by atoms with E-state index in [1.54, 1.807) is 5.92 Å². The topological polar surface area (TPSA) is 23.3 Å². The van der Waals surface area contributed by atoms with Crippen molar-refractivity contribution in [3.8, 4) is 0 Å². The van der Waals surface area contributed by atoms with Crippen molar-refractivity contribution in [2.45, 2.75) is 106 Å². The van der Waals surface area contributed by atoms with Crippen molar-refractivity contribution in [3.05, 3.63) is 41.1 Å². The Hall–Kier alpha value is 1.46. The SMILES string of the molecule is C1CCOC1.C[C]1[C](C)[C](C)[C](C[Si](C)(C)[N-]C(C)(C)C)[C]1C.[CH2-][Si](C)(C)C.[Y+3]. The van der Waals surface area contributed by atoms with Crippen LogP contribution in [0.2, 0.25) is 38.8 Å². The summed E-state index contributed by atoms with van der Waals surface area (Å²) in [5, 5.41) is 0. The molecule has 0 aromatic carbocycles. The molecule has 2 aliphatic rings. The van der Waals surface area contributed by atoms with Crippen LogP contribution in [0.4, 0.5) is 0 Å². The Morgan fingerprint density at radius 3 is 1.41 bits per heavy atom. The molecule has 1 aliphatic carbocycles. The maximum atomic E-state index is 5.10. The fourth-order valence-electron chi connectivity index (χ4n) is 3.45. The maximum absolute atomic E-state index is 5.10. The van der Waals surface area contributed by atoms with Crippen LogP contribution in [0.15, 0.2) is 0 Å². The molecular weight excluding hydrogens is 463 g/mol. The normalized spacial score (nSPS) is 20.6. The number of hydrogen-bond donors (Lipinski definition) is 0. The molecule has 29 heavy (non-hydrogen) atoms. The second-order valence-electron chi connectivity index (χ2n) is 11.1. The Morgan fingerprint density at radius 1 is 0.828 bits per heavy atom. The molecule has 1 saturated heterocycles. The molecule has 1 heterocycles. The predicted octanol–water partition coefficient (Wildman–Crippen LogP) is 7.82. The van der Waals surface area contributed by atoms with E-state index in [9.17, 15) is 0 Å². The molecule has 0 atom stereocenters. The van der Waals surface area contributed by atoms with Gasteiger partial charge in [-0.25, -0.2) is 0 Å². The van der Waals surface area contributed by atoms with Gasteiger partial charge in [-0.2, -0.15) is 0 Å². The van der Waals surface area contributed by atoms with E-state index in [4.69, 9.17) is 9.72 Å². The van der Waals surface area contributed by atoms with Crippen molar-refractivity contribution in [1.82, 2.24) is 0 Å². The number of rotatable bonds is 3. The first-order valence-electron chi connectivity index (χ1n) is 10.8. The smallest absolute Gasteiger partial charge is 0.660 e. The maximum Gasteiger partial charge on any atom is 3.00 e. The molecule has 0 aromatic heterocycles. The van der Waals surface area contributed by atoms with E-state index in [2.05, 4.69) is 87.7 Å². The Morgan fingerprint density at radius 2 is 1.17 bits per heavy atom. The van der Waals surface area contributed by atoms with Gasteiger partial charge in [0.15, 0.2) is 0 Å². The Labute approximate surface area is 212 Å². The van der Waals surface area contributed by atoms with E-state index >= 15 is 0 Å². The van der Waals surface area contributed by atoms with Gasteiger partial charge in [0.05, 0.1) is 0 Å². The quantitative estimate of drug-likeness (QED) is 0.280. The third kappa shape index (κ3) is 15.8. The van der Waals surface area contributed by atoms with Gasteiger partial charge in [-0.1, -0.05) is 95.5 Å². The first-order valence-corrected chi connectivity index (χ1v) is 17.7. The van der Waals surface area contributed by atoms with Crippen LogP contribution < -0.4 is 0 Å². The van der Waals surface area contributed by atoms with Crippen LogP contribution in [0.3, 0.4) is 0 Å². The van der Waals surface area contributed by atoms with E-state index in [1.165, 1.54) is 42.6 Å². The fraction of sp³-hybridized carbons (Fsp3) is 0.750. The zero-order valence-corrected chi connectivity index (χ0v) is 26.5. The molecule has 0 aromatic rings. The summed E-state index contributed by atoms with van der Waals surface area (Å²) in [4.78, 5) is 5.10. The summed E-state index contributed by atoms with van der Waals surface area (Å²) in [7, 11) is -2.39. The van der Waals surface area contributed by atoms with Crippen molar-refractivity contribution in [2.75, 3.05) is 13.2 Å². The zero-order valence-electron chi connectivity index (χ0n) is 21.7.